The number of hydrogen-bond donors (Lipinski definition) is 1. The summed E-state index contributed by atoms with van der Waals surface area (Å²) in [6.07, 6.45) is 3.27. The number of anilines is 1. The number of nitrogens with two attached hydrogens (primary N) is 1. The molecule has 0 unspecified atom stereocenters. The highest BCUT2D eigenvalue weighted by Gasteiger charge is 2.17. The van der Waals surface area contributed by atoms with E-state index in [4.69, 9.17) is 5.73 Å². The fourth-order valence-electron chi connectivity index (χ4n) is 3.24. The minimum Gasteiger partial charge on any atom is -0.368 e. The standard InChI is InChI=1S/C20H24N6O/c1-5-26-14(3)18(13(2)24-26)16-7-6-8-17(9-16)19(27)25(4)12-15-10-22-20(21)23-11-15/h6-11H,5,12H2,1-4H3,(H2,21,22,23). The number of aromatic nitrogens is 4. The zero-order valence-corrected chi connectivity index (χ0v) is 16.1. The highest BCUT2D eigenvalue weighted by molar-refractivity contribution is 5.95. The van der Waals surface area contributed by atoms with Crippen LogP contribution in [-0.4, -0.2) is 37.6 Å². The Balaban J connectivity index is 1.85. The molecule has 0 saturated carbocycles. The van der Waals surface area contributed by atoms with Gasteiger partial charge in [0, 0.05) is 54.9 Å². The molecule has 7 heteroatoms. The first-order valence-corrected chi connectivity index (χ1v) is 8.87. The van der Waals surface area contributed by atoms with E-state index in [-0.39, 0.29) is 11.9 Å². The first-order chi connectivity index (χ1) is 12.9. The van der Waals surface area contributed by atoms with Crippen molar-refractivity contribution in [3.8, 4) is 11.1 Å². The summed E-state index contributed by atoms with van der Waals surface area (Å²) in [4.78, 5) is 22.4. The molecule has 2 heterocycles. The summed E-state index contributed by atoms with van der Waals surface area (Å²) in [6, 6.07) is 7.68. The Kier molecular flexibility index (Phi) is 5.21. The van der Waals surface area contributed by atoms with Crippen molar-refractivity contribution in [2.24, 2.45) is 0 Å². The monoisotopic (exact) mass is 364 g/mol. The van der Waals surface area contributed by atoms with Gasteiger partial charge >= 0.3 is 0 Å². The number of nitrogens with zero attached hydrogens (tertiary/aromatic N) is 5. The Morgan fingerprint density at radius 1 is 1.22 bits per heavy atom. The molecule has 0 radical (unpaired) electrons. The lowest BCUT2D eigenvalue weighted by Gasteiger charge is -2.17. The SMILES string of the molecule is CCn1nc(C)c(-c2cccc(C(=O)N(C)Cc3cnc(N)nc3)c2)c1C. The number of nitrogen functional groups attached to an aromatic ring is 1. The molecular weight excluding hydrogens is 340 g/mol. The Labute approximate surface area is 158 Å². The molecule has 140 valence electrons. The normalized spacial score (nSPS) is 10.8. The summed E-state index contributed by atoms with van der Waals surface area (Å²) in [5.74, 6) is 0.158. The Hall–Kier alpha value is -3.22. The van der Waals surface area contributed by atoms with Crippen LogP contribution in [0.2, 0.25) is 0 Å². The first-order valence-electron chi connectivity index (χ1n) is 8.87. The highest BCUT2D eigenvalue weighted by Crippen LogP contribution is 2.28. The van der Waals surface area contributed by atoms with E-state index in [0.29, 0.717) is 12.1 Å². The zero-order valence-electron chi connectivity index (χ0n) is 16.1. The van der Waals surface area contributed by atoms with Gasteiger partial charge in [-0.2, -0.15) is 5.10 Å². The van der Waals surface area contributed by atoms with Gasteiger partial charge in [-0.25, -0.2) is 9.97 Å². The summed E-state index contributed by atoms with van der Waals surface area (Å²) in [5, 5.41) is 4.57. The largest absolute Gasteiger partial charge is 0.368 e. The minimum absolute atomic E-state index is 0.0631. The first kappa shape index (κ1) is 18.6. The van der Waals surface area contributed by atoms with Crippen molar-refractivity contribution in [2.45, 2.75) is 33.9 Å². The quantitative estimate of drug-likeness (QED) is 0.752. The van der Waals surface area contributed by atoms with Crippen LogP contribution in [0.5, 0.6) is 0 Å². The molecule has 0 saturated heterocycles. The van der Waals surface area contributed by atoms with Crippen molar-refractivity contribution in [2.75, 3.05) is 12.8 Å². The number of benzene rings is 1. The maximum Gasteiger partial charge on any atom is 0.253 e. The second-order valence-electron chi connectivity index (χ2n) is 6.55. The van der Waals surface area contributed by atoms with E-state index in [1.54, 1.807) is 24.3 Å². The second kappa shape index (κ2) is 7.57. The van der Waals surface area contributed by atoms with Crippen molar-refractivity contribution in [1.29, 1.82) is 0 Å². The third-order valence-corrected chi connectivity index (χ3v) is 4.57. The van der Waals surface area contributed by atoms with Gasteiger partial charge in [0.05, 0.1) is 5.69 Å². The van der Waals surface area contributed by atoms with Gasteiger partial charge in [-0.05, 0) is 38.5 Å². The average Bonchev–Trinajstić information content (AvgIpc) is 2.96. The molecule has 2 N–H and O–H groups in total. The van der Waals surface area contributed by atoms with Gasteiger partial charge in [0.1, 0.15) is 0 Å². The van der Waals surface area contributed by atoms with Gasteiger partial charge in [0.25, 0.3) is 5.91 Å². The molecule has 0 spiro atoms. The molecule has 0 fully saturated rings. The minimum atomic E-state index is -0.0631. The van der Waals surface area contributed by atoms with Gasteiger partial charge in [-0.3, -0.25) is 9.48 Å². The summed E-state index contributed by atoms with van der Waals surface area (Å²) < 4.78 is 1.98. The highest BCUT2D eigenvalue weighted by atomic mass is 16.2. The van der Waals surface area contributed by atoms with E-state index >= 15 is 0 Å². The third kappa shape index (κ3) is 3.81. The molecule has 0 bridgehead atoms. The smallest absolute Gasteiger partial charge is 0.253 e. The molecule has 1 aromatic carbocycles. The van der Waals surface area contributed by atoms with E-state index in [1.165, 1.54) is 0 Å². The molecule has 7 nitrogen and oxygen atoms in total. The van der Waals surface area contributed by atoms with E-state index in [9.17, 15) is 4.79 Å². The molecule has 3 aromatic rings. The van der Waals surface area contributed by atoms with Crippen LogP contribution < -0.4 is 5.73 Å². The van der Waals surface area contributed by atoms with Crippen molar-refractivity contribution < 1.29 is 4.79 Å². The number of carbonyl (C=O) groups is 1. The number of aryl methyl sites for hydroxylation is 2. The summed E-state index contributed by atoms with van der Waals surface area (Å²) in [5.41, 5.74) is 11.1. The molecule has 0 aliphatic carbocycles. The fourth-order valence-corrected chi connectivity index (χ4v) is 3.24. The second-order valence-corrected chi connectivity index (χ2v) is 6.55. The Morgan fingerprint density at radius 2 is 1.93 bits per heavy atom. The third-order valence-electron chi connectivity index (χ3n) is 4.57. The zero-order chi connectivity index (χ0) is 19.6. The van der Waals surface area contributed by atoms with Crippen molar-refractivity contribution in [3.05, 3.63) is 59.2 Å². The van der Waals surface area contributed by atoms with Crippen LogP contribution in [0.15, 0.2) is 36.7 Å². The van der Waals surface area contributed by atoms with Crippen LogP contribution in [0.1, 0.15) is 34.2 Å². The van der Waals surface area contributed by atoms with Crippen LogP contribution in [0.25, 0.3) is 11.1 Å². The molecule has 1 amide bonds. The molecule has 0 aliphatic heterocycles. The average molecular weight is 364 g/mol. The van der Waals surface area contributed by atoms with E-state index in [2.05, 4.69) is 28.9 Å². The van der Waals surface area contributed by atoms with E-state index in [0.717, 1.165) is 34.6 Å². The van der Waals surface area contributed by atoms with E-state index in [1.807, 2.05) is 35.9 Å². The summed E-state index contributed by atoms with van der Waals surface area (Å²) in [7, 11) is 1.76. The van der Waals surface area contributed by atoms with Crippen LogP contribution in [0.4, 0.5) is 5.95 Å². The van der Waals surface area contributed by atoms with Crippen LogP contribution in [-0.2, 0) is 13.1 Å². The van der Waals surface area contributed by atoms with E-state index < -0.39 is 0 Å². The maximum atomic E-state index is 12.9. The molecule has 27 heavy (non-hydrogen) atoms. The topological polar surface area (TPSA) is 89.9 Å². The molecule has 0 atom stereocenters. The molecule has 2 aromatic heterocycles. The van der Waals surface area contributed by atoms with Crippen LogP contribution >= 0.6 is 0 Å². The molecule has 0 aliphatic rings. The van der Waals surface area contributed by atoms with Gasteiger partial charge < -0.3 is 10.6 Å². The Morgan fingerprint density at radius 3 is 2.56 bits per heavy atom. The predicted octanol–water partition coefficient (Wildman–Crippen LogP) is 2.83. The van der Waals surface area contributed by atoms with Crippen LogP contribution in [0.3, 0.4) is 0 Å². The Bertz CT molecular complexity index is 961. The number of amides is 1. The van der Waals surface area contributed by atoms with Crippen molar-refractivity contribution in [1.82, 2.24) is 24.6 Å². The van der Waals surface area contributed by atoms with Crippen LogP contribution in [0, 0.1) is 13.8 Å². The van der Waals surface area contributed by atoms with Crippen molar-refractivity contribution in [3.63, 3.8) is 0 Å². The summed E-state index contributed by atoms with van der Waals surface area (Å²) >= 11 is 0. The van der Waals surface area contributed by atoms with Gasteiger partial charge in [0.2, 0.25) is 5.95 Å². The van der Waals surface area contributed by atoms with Crippen molar-refractivity contribution >= 4 is 11.9 Å². The predicted molar refractivity (Wildman–Crippen MR) is 105 cm³/mol. The lowest BCUT2D eigenvalue weighted by molar-refractivity contribution is 0.0785. The molecular formula is C20H24N6O. The number of carbonyl (C=O) groups excluding carboxylic acids is 1. The van der Waals surface area contributed by atoms with Gasteiger partial charge in [0.15, 0.2) is 0 Å². The summed E-state index contributed by atoms with van der Waals surface area (Å²) in [6.45, 7) is 7.35. The number of hydrogen-bond acceptors (Lipinski definition) is 5. The molecule has 3 rings (SSSR count). The number of rotatable bonds is 5. The lowest BCUT2D eigenvalue weighted by atomic mass is 10.0. The lowest BCUT2D eigenvalue weighted by Crippen LogP contribution is -2.26. The fraction of sp³-hybridized carbons (Fsp3) is 0.300. The van der Waals surface area contributed by atoms with Gasteiger partial charge in [-0.15, -0.1) is 0 Å². The maximum absolute atomic E-state index is 12.9. The van der Waals surface area contributed by atoms with Gasteiger partial charge in [-0.1, -0.05) is 12.1 Å².